The Morgan fingerprint density at radius 2 is 2.31 bits per heavy atom. The van der Waals surface area contributed by atoms with Gasteiger partial charge in [-0.1, -0.05) is 0 Å². The van der Waals surface area contributed by atoms with Gasteiger partial charge in [-0.05, 0) is 0 Å². The number of imide groups is 1. The first-order valence-electron chi connectivity index (χ1n) is 3.88. The Kier molecular flexibility index (Phi) is 2.84. The molecule has 0 radical (unpaired) electrons. The van der Waals surface area contributed by atoms with Gasteiger partial charge in [0.2, 0.25) is 5.91 Å². The molecule has 2 atom stereocenters. The number of nitrogens with zero attached hydrogens (tertiary/aromatic N) is 1. The monoisotopic (exact) mass is 189 g/mol. The number of hydrogen-bond acceptors (Lipinski definition) is 4. The molecule has 0 spiro atoms. The fourth-order valence-corrected chi connectivity index (χ4v) is 1.33. The molecule has 1 aliphatic heterocycles. The van der Waals surface area contributed by atoms with Crippen LogP contribution in [-0.2, 0) is 4.79 Å². The largest absolute Gasteiger partial charge is 0.465 e. The fourth-order valence-electron chi connectivity index (χ4n) is 1.33. The molecule has 74 valence electrons. The summed E-state index contributed by atoms with van der Waals surface area (Å²) in [5.41, 5.74) is 0. The van der Waals surface area contributed by atoms with E-state index in [0.717, 1.165) is 0 Å². The molecule has 0 saturated carbocycles. The van der Waals surface area contributed by atoms with Crippen molar-refractivity contribution in [1.82, 2.24) is 4.90 Å². The van der Waals surface area contributed by atoms with E-state index in [-0.39, 0.29) is 13.0 Å². The average Bonchev–Trinajstić information content (AvgIpc) is 2.46. The lowest BCUT2D eigenvalue weighted by molar-refractivity contribution is -0.126. The second-order valence-corrected chi connectivity index (χ2v) is 3.00. The molecule has 1 heterocycles. The van der Waals surface area contributed by atoms with Gasteiger partial charge in [-0.15, -0.1) is 0 Å². The molecule has 3 N–H and O–H groups in total. The molecule has 1 fully saturated rings. The number of likely N-dealkylation sites (tertiary alicyclic amines) is 1. The molecule has 13 heavy (non-hydrogen) atoms. The van der Waals surface area contributed by atoms with Gasteiger partial charge in [-0.3, -0.25) is 4.79 Å². The third-order valence-corrected chi connectivity index (χ3v) is 2.12. The van der Waals surface area contributed by atoms with Gasteiger partial charge in [0, 0.05) is 18.9 Å². The van der Waals surface area contributed by atoms with Crippen molar-refractivity contribution in [2.75, 3.05) is 13.2 Å². The first-order chi connectivity index (χ1) is 6.06. The Morgan fingerprint density at radius 1 is 1.69 bits per heavy atom. The van der Waals surface area contributed by atoms with Crippen LogP contribution in [0.15, 0.2) is 0 Å². The third-order valence-electron chi connectivity index (χ3n) is 2.12. The zero-order valence-corrected chi connectivity index (χ0v) is 6.88. The second-order valence-electron chi connectivity index (χ2n) is 3.00. The number of carboxylic acid groups (broad SMARTS) is 1. The first kappa shape index (κ1) is 9.94. The molecule has 1 aliphatic rings. The van der Waals surface area contributed by atoms with Crippen LogP contribution >= 0.6 is 0 Å². The molecule has 0 aromatic rings. The molecule has 6 nitrogen and oxygen atoms in total. The quantitative estimate of drug-likeness (QED) is 0.510. The zero-order chi connectivity index (χ0) is 10.0. The number of rotatable bonds is 2. The lowest BCUT2D eigenvalue weighted by atomic mass is 10.0. The highest BCUT2D eigenvalue weighted by atomic mass is 16.4. The summed E-state index contributed by atoms with van der Waals surface area (Å²) in [5, 5.41) is 26.2. The van der Waals surface area contributed by atoms with Crippen molar-refractivity contribution in [2.24, 2.45) is 5.92 Å². The Hall–Kier alpha value is -1.14. The maximum atomic E-state index is 11.0. The topological polar surface area (TPSA) is 98.1 Å². The van der Waals surface area contributed by atoms with E-state index < -0.39 is 30.6 Å². The predicted octanol–water partition coefficient (Wildman–Crippen LogP) is -1.13. The summed E-state index contributed by atoms with van der Waals surface area (Å²) >= 11 is 0. The highest BCUT2D eigenvalue weighted by Crippen LogP contribution is 2.20. The third kappa shape index (κ3) is 1.96. The van der Waals surface area contributed by atoms with Crippen LogP contribution in [0.4, 0.5) is 4.79 Å². The van der Waals surface area contributed by atoms with E-state index >= 15 is 0 Å². The summed E-state index contributed by atoms with van der Waals surface area (Å²) in [4.78, 5) is 22.1. The Morgan fingerprint density at radius 3 is 2.69 bits per heavy atom. The van der Waals surface area contributed by atoms with Crippen molar-refractivity contribution >= 4 is 12.0 Å². The van der Waals surface area contributed by atoms with Crippen LogP contribution in [-0.4, -0.2) is 51.5 Å². The van der Waals surface area contributed by atoms with Crippen LogP contribution in [0.25, 0.3) is 0 Å². The van der Waals surface area contributed by atoms with E-state index in [1.165, 1.54) is 0 Å². The highest BCUT2D eigenvalue weighted by molar-refractivity contribution is 5.92. The Bertz CT molecular complexity index is 229. The molecule has 1 rings (SSSR count). The van der Waals surface area contributed by atoms with E-state index in [0.29, 0.717) is 4.90 Å². The molecule has 0 bridgehead atoms. The van der Waals surface area contributed by atoms with Crippen molar-refractivity contribution in [2.45, 2.75) is 12.5 Å². The van der Waals surface area contributed by atoms with Gasteiger partial charge in [0.15, 0.2) is 0 Å². The minimum Gasteiger partial charge on any atom is -0.465 e. The highest BCUT2D eigenvalue weighted by Gasteiger charge is 2.37. The van der Waals surface area contributed by atoms with Crippen molar-refractivity contribution < 1.29 is 24.9 Å². The van der Waals surface area contributed by atoms with Crippen molar-refractivity contribution in [3.63, 3.8) is 0 Å². The van der Waals surface area contributed by atoms with Crippen molar-refractivity contribution in [1.29, 1.82) is 0 Å². The van der Waals surface area contributed by atoms with Gasteiger partial charge < -0.3 is 15.3 Å². The normalized spacial score (nSPS) is 24.9. The summed E-state index contributed by atoms with van der Waals surface area (Å²) in [5.74, 6) is -1.00. The smallest absolute Gasteiger partial charge is 0.414 e. The summed E-state index contributed by atoms with van der Waals surface area (Å²) in [7, 11) is 0. The van der Waals surface area contributed by atoms with Crippen molar-refractivity contribution in [3.8, 4) is 0 Å². The van der Waals surface area contributed by atoms with Gasteiger partial charge in [0.1, 0.15) is 0 Å². The standard InChI is InChI=1S/C7H11NO5/c9-3-5(10)4-1-6(11)8(2-4)7(12)13/h4-5,9-10H,1-3H2,(H,12,13)/t4?,5-/m1/s1. The molecular weight excluding hydrogens is 178 g/mol. The Labute approximate surface area is 74.4 Å². The Balaban J connectivity index is 2.60. The summed E-state index contributed by atoms with van der Waals surface area (Å²) < 4.78 is 0. The maximum absolute atomic E-state index is 11.0. The SMILES string of the molecule is O=C(O)N1CC([C@H](O)CO)CC1=O. The van der Waals surface area contributed by atoms with E-state index in [1.807, 2.05) is 0 Å². The van der Waals surface area contributed by atoms with Crippen LogP contribution < -0.4 is 0 Å². The second kappa shape index (κ2) is 3.71. The minimum absolute atomic E-state index is 0.0198. The molecule has 1 unspecified atom stereocenters. The molecule has 2 amide bonds. The predicted molar refractivity (Wildman–Crippen MR) is 40.9 cm³/mol. The lowest BCUT2D eigenvalue weighted by Crippen LogP contribution is -2.32. The summed E-state index contributed by atoms with van der Waals surface area (Å²) in [6.07, 6.45) is -2.35. The molecule has 6 heteroatoms. The summed E-state index contributed by atoms with van der Waals surface area (Å²) in [6.45, 7) is -0.485. The molecule has 0 aliphatic carbocycles. The lowest BCUT2D eigenvalue weighted by Gasteiger charge is -2.14. The van der Waals surface area contributed by atoms with Crippen molar-refractivity contribution in [3.05, 3.63) is 0 Å². The first-order valence-corrected chi connectivity index (χ1v) is 3.88. The number of aliphatic hydroxyl groups is 2. The van der Waals surface area contributed by atoms with Gasteiger partial charge in [-0.2, -0.15) is 0 Å². The number of amides is 2. The molecule has 0 aromatic carbocycles. The molecule has 1 saturated heterocycles. The fraction of sp³-hybridized carbons (Fsp3) is 0.714. The van der Waals surface area contributed by atoms with Crippen LogP contribution in [0, 0.1) is 5.92 Å². The summed E-state index contributed by atoms with van der Waals surface area (Å²) in [6, 6.07) is 0. The van der Waals surface area contributed by atoms with Gasteiger partial charge in [0.05, 0.1) is 12.7 Å². The minimum atomic E-state index is -1.31. The van der Waals surface area contributed by atoms with Gasteiger partial charge in [0.25, 0.3) is 0 Å². The number of aliphatic hydroxyl groups excluding tert-OH is 2. The number of carbonyl (C=O) groups is 2. The average molecular weight is 189 g/mol. The number of hydrogen-bond donors (Lipinski definition) is 3. The number of carbonyl (C=O) groups excluding carboxylic acids is 1. The van der Waals surface area contributed by atoms with Crippen LogP contribution in [0.5, 0.6) is 0 Å². The molecule has 0 aromatic heterocycles. The van der Waals surface area contributed by atoms with Crippen LogP contribution in [0.3, 0.4) is 0 Å². The van der Waals surface area contributed by atoms with Gasteiger partial charge >= 0.3 is 6.09 Å². The maximum Gasteiger partial charge on any atom is 0.414 e. The van der Waals surface area contributed by atoms with E-state index in [1.54, 1.807) is 0 Å². The van der Waals surface area contributed by atoms with Crippen LogP contribution in [0.2, 0.25) is 0 Å². The zero-order valence-electron chi connectivity index (χ0n) is 6.88. The van der Waals surface area contributed by atoms with E-state index in [9.17, 15) is 9.59 Å². The molecular formula is C7H11NO5. The van der Waals surface area contributed by atoms with E-state index in [4.69, 9.17) is 15.3 Å². The van der Waals surface area contributed by atoms with Gasteiger partial charge in [-0.25, -0.2) is 9.69 Å². The van der Waals surface area contributed by atoms with Crippen LogP contribution in [0.1, 0.15) is 6.42 Å². The van der Waals surface area contributed by atoms with E-state index in [2.05, 4.69) is 0 Å².